The third-order valence-corrected chi connectivity index (χ3v) is 4.06. The maximum Gasteiger partial charge on any atom is 0.257 e. The minimum Gasteiger partial charge on any atom is -0.469 e. The molecule has 0 radical (unpaired) electrons. The average molecular weight is 250 g/mol. The molecule has 0 bridgehead atoms. The predicted octanol–water partition coefficient (Wildman–Crippen LogP) is 2.19. The number of aryl methyl sites for hydroxylation is 1. The number of carbonyl (C=O) groups excluding carboxylic acids is 1. The largest absolute Gasteiger partial charge is 0.469 e. The van der Waals surface area contributed by atoms with Gasteiger partial charge in [0.1, 0.15) is 5.76 Å². The summed E-state index contributed by atoms with van der Waals surface area (Å²) in [5.74, 6) is 0.782. The van der Waals surface area contributed by atoms with E-state index in [2.05, 4.69) is 5.32 Å². The Kier molecular flexibility index (Phi) is 4.07. The van der Waals surface area contributed by atoms with Crippen LogP contribution in [0.2, 0.25) is 0 Å². The molecule has 1 aromatic rings. The van der Waals surface area contributed by atoms with E-state index < -0.39 is 0 Å². The Bertz CT molecular complexity index is 406. The highest BCUT2D eigenvalue weighted by atomic mass is 16.3. The standard InChI is InChI=1S/C14H22N2O2/c1-10-13(8-9-18-10)14(17)16(3)12-6-4-11(15-2)5-7-12/h8-9,11-12,15H,4-7H2,1-3H3. The fourth-order valence-corrected chi connectivity index (χ4v) is 2.71. The molecule has 0 saturated heterocycles. The van der Waals surface area contributed by atoms with Crippen molar-refractivity contribution in [2.75, 3.05) is 14.1 Å². The van der Waals surface area contributed by atoms with Crippen molar-refractivity contribution in [3.8, 4) is 0 Å². The first-order chi connectivity index (χ1) is 8.63. The van der Waals surface area contributed by atoms with Gasteiger partial charge in [-0.2, -0.15) is 0 Å². The second-order valence-corrected chi connectivity index (χ2v) is 5.10. The number of nitrogens with zero attached hydrogens (tertiary/aromatic N) is 1. The zero-order valence-corrected chi connectivity index (χ0v) is 11.4. The lowest BCUT2D eigenvalue weighted by molar-refractivity contribution is 0.0684. The van der Waals surface area contributed by atoms with Gasteiger partial charge in [-0.05, 0) is 45.7 Å². The fraction of sp³-hybridized carbons (Fsp3) is 0.643. The van der Waals surface area contributed by atoms with Crippen LogP contribution in [0.15, 0.2) is 16.7 Å². The second-order valence-electron chi connectivity index (χ2n) is 5.10. The Morgan fingerprint density at radius 3 is 2.56 bits per heavy atom. The first-order valence-electron chi connectivity index (χ1n) is 6.62. The summed E-state index contributed by atoms with van der Waals surface area (Å²) in [6, 6.07) is 2.73. The highest BCUT2D eigenvalue weighted by molar-refractivity contribution is 5.95. The first-order valence-corrected chi connectivity index (χ1v) is 6.62. The second kappa shape index (κ2) is 5.57. The molecule has 1 saturated carbocycles. The van der Waals surface area contributed by atoms with Gasteiger partial charge in [0, 0.05) is 19.1 Å². The molecule has 1 aliphatic rings. The van der Waals surface area contributed by atoms with Gasteiger partial charge in [-0.15, -0.1) is 0 Å². The highest BCUT2D eigenvalue weighted by Gasteiger charge is 2.27. The molecule has 0 atom stereocenters. The Morgan fingerprint density at radius 2 is 2.06 bits per heavy atom. The smallest absolute Gasteiger partial charge is 0.257 e. The molecule has 4 nitrogen and oxygen atoms in total. The molecule has 100 valence electrons. The number of rotatable bonds is 3. The van der Waals surface area contributed by atoms with Crippen LogP contribution < -0.4 is 5.32 Å². The number of carbonyl (C=O) groups is 1. The minimum atomic E-state index is 0.0779. The molecule has 1 fully saturated rings. The van der Waals surface area contributed by atoms with E-state index in [1.165, 1.54) is 0 Å². The van der Waals surface area contributed by atoms with Gasteiger partial charge < -0.3 is 14.6 Å². The molecule has 4 heteroatoms. The van der Waals surface area contributed by atoms with Crippen LogP contribution in [0.1, 0.15) is 41.8 Å². The van der Waals surface area contributed by atoms with Crippen LogP contribution in [0.5, 0.6) is 0 Å². The lowest BCUT2D eigenvalue weighted by atomic mass is 9.90. The van der Waals surface area contributed by atoms with E-state index in [1.54, 1.807) is 12.3 Å². The topological polar surface area (TPSA) is 45.5 Å². The first kappa shape index (κ1) is 13.1. The molecule has 1 N–H and O–H groups in total. The van der Waals surface area contributed by atoms with Crippen molar-refractivity contribution in [1.29, 1.82) is 0 Å². The molecular weight excluding hydrogens is 228 g/mol. The summed E-state index contributed by atoms with van der Waals surface area (Å²) in [5.41, 5.74) is 0.688. The molecule has 18 heavy (non-hydrogen) atoms. The molecule has 1 amide bonds. The van der Waals surface area contributed by atoms with Crippen LogP contribution in [0, 0.1) is 6.92 Å². The van der Waals surface area contributed by atoms with Crippen molar-refractivity contribution < 1.29 is 9.21 Å². The van der Waals surface area contributed by atoms with Gasteiger partial charge in [0.15, 0.2) is 0 Å². The molecule has 2 rings (SSSR count). The Hall–Kier alpha value is -1.29. The van der Waals surface area contributed by atoms with Crippen molar-refractivity contribution in [3.05, 3.63) is 23.7 Å². The molecule has 0 aliphatic heterocycles. The van der Waals surface area contributed by atoms with Gasteiger partial charge in [0.05, 0.1) is 11.8 Å². The van der Waals surface area contributed by atoms with Crippen molar-refractivity contribution in [1.82, 2.24) is 10.2 Å². The Labute approximate surface area is 108 Å². The van der Waals surface area contributed by atoms with Crippen LogP contribution in [0.3, 0.4) is 0 Å². The Morgan fingerprint density at radius 1 is 1.39 bits per heavy atom. The summed E-state index contributed by atoms with van der Waals surface area (Å²) in [7, 11) is 3.91. The maximum absolute atomic E-state index is 12.3. The van der Waals surface area contributed by atoms with Gasteiger partial charge >= 0.3 is 0 Å². The summed E-state index contributed by atoms with van der Waals surface area (Å²) in [6.45, 7) is 1.83. The third-order valence-electron chi connectivity index (χ3n) is 4.06. The van der Waals surface area contributed by atoms with Crippen LogP contribution in [-0.2, 0) is 0 Å². The molecule has 0 aromatic carbocycles. The van der Waals surface area contributed by atoms with Crippen molar-refractivity contribution >= 4 is 5.91 Å². The fourth-order valence-electron chi connectivity index (χ4n) is 2.71. The van der Waals surface area contributed by atoms with E-state index >= 15 is 0 Å². The average Bonchev–Trinajstić information content (AvgIpc) is 2.83. The molecule has 1 aromatic heterocycles. The van der Waals surface area contributed by atoms with E-state index in [4.69, 9.17) is 4.42 Å². The summed E-state index contributed by atoms with van der Waals surface area (Å²) >= 11 is 0. The number of furan rings is 1. The van der Waals surface area contributed by atoms with Crippen molar-refractivity contribution in [2.24, 2.45) is 0 Å². The van der Waals surface area contributed by atoms with Crippen LogP contribution in [0.25, 0.3) is 0 Å². The lowest BCUT2D eigenvalue weighted by Crippen LogP contribution is -2.42. The predicted molar refractivity (Wildman–Crippen MR) is 70.6 cm³/mol. The monoisotopic (exact) mass is 250 g/mol. The number of hydrogen-bond donors (Lipinski definition) is 1. The molecule has 0 unspecified atom stereocenters. The van der Waals surface area contributed by atoms with Gasteiger partial charge in [-0.3, -0.25) is 4.79 Å². The summed E-state index contributed by atoms with van der Waals surface area (Å²) in [6.07, 6.45) is 6.01. The van der Waals surface area contributed by atoms with E-state index in [-0.39, 0.29) is 5.91 Å². The van der Waals surface area contributed by atoms with E-state index in [0.29, 0.717) is 23.4 Å². The minimum absolute atomic E-state index is 0.0779. The number of hydrogen-bond acceptors (Lipinski definition) is 3. The van der Waals surface area contributed by atoms with E-state index in [9.17, 15) is 4.79 Å². The van der Waals surface area contributed by atoms with Gasteiger partial charge in [-0.25, -0.2) is 0 Å². The van der Waals surface area contributed by atoms with Gasteiger partial charge in [0.25, 0.3) is 5.91 Å². The highest BCUT2D eigenvalue weighted by Crippen LogP contribution is 2.24. The van der Waals surface area contributed by atoms with Gasteiger partial charge in [-0.1, -0.05) is 0 Å². The van der Waals surface area contributed by atoms with Crippen molar-refractivity contribution in [2.45, 2.75) is 44.7 Å². The quantitative estimate of drug-likeness (QED) is 0.894. The van der Waals surface area contributed by atoms with Crippen LogP contribution >= 0.6 is 0 Å². The third kappa shape index (κ3) is 2.58. The molecule has 1 aliphatic carbocycles. The normalized spacial score (nSPS) is 23.9. The zero-order chi connectivity index (χ0) is 13.1. The Balaban J connectivity index is 1.98. The number of nitrogens with one attached hydrogen (secondary N) is 1. The lowest BCUT2D eigenvalue weighted by Gasteiger charge is -2.34. The SMILES string of the molecule is CNC1CCC(N(C)C(=O)c2ccoc2C)CC1. The zero-order valence-electron chi connectivity index (χ0n) is 11.4. The number of amides is 1. The summed E-state index contributed by atoms with van der Waals surface area (Å²) < 4.78 is 5.20. The van der Waals surface area contributed by atoms with E-state index in [1.807, 2.05) is 25.9 Å². The van der Waals surface area contributed by atoms with Crippen molar-refractivity contribution in [3.63, 3.8) is 0 Å². The van der Waals surface area contributed by atoms with Crippen LogP contribution in [0.4, 0.5) is 0 Å². The summed E-state index contributed by atoms with van der Waals surface area (Å²) in [4.78, 5) is 14.2. The molecule has 1 heterocycles. The van der Waals surface area contributed by atoms with Gasteiger partial charge in [0.2, 0.25) is 0 Å². The molecule has 0 spiro atoms. The summed E-state index contributed by atoms with van der Waals surface area (Å²) in [5, 5.41) is 3.31. The van der Waals surface area contributed by atoms with Crippen LogP contribution in [-0.4, -0.2) is 37.0 Å². The molecular formula is C14H22N2O2. The van der Waals surface area contributed by atoms with E-state index in [0.717, 1.165) is 25.7 Å². The maximum atomic E-state index is 12.3.